The highest BCUT2D eigenvalue weighted by Crippen LogP contribution is 2.18. The quantitative estimate of drug-likeness (QED) is 0.798. The van der Waals surface area contributed by atoms with Crippen molar-refractivity contribution in [1.82, 2.24) is 15.6 Å². The molecule has 6 heteroatoms. The molecule has 2 amide bonds. The van der Waals surface area contributed by atoms with Crippen molar-refractivity contribution in [2.45, 2.75) is 44.7 Å². The summed E-state index contributed by atoms with van der Waals surface area (Å²) < 4.78 is 0. The molecule has 0 bridgehead atoms. The summed E-state index contributed by atoms with van der Waals surface area (Å²) in [5, 5.41) is 6.30. The van der Waals surface area contributed by atoms with Gasteiger partial charge in [0.15, 0.2) is 0 Å². The monoisotopic (exact) mass is 327 g/mol. The lowest BCUT2D eigenvalue weighted by molar-refractivity contribution is -0.123. The van der Waals surface area contributed by atoms with Gasteiger partial charge >= 0.3 is 0 Å². The summed E-state index contributed by atoms with van der Waals surface area (Å²) in [7, 11) is 0. The number of aromatic amines is 1. The van der Waals surface area contributed by atoms with Gasteiger partial charge in [0.1, 0.15) is 6.04 Å². The van der Waals surface area contributed by atoms with E-state index in [2.05, 4.69) is 15.6 Å². The number of pyridine rings is 1. The molecule has 1 atom stereocenters. The summed E-state index contributed by atoms with van der Waals surface area (Å²) in [4.78, 5) is 39.2. The van der Waals surface area contributed by atoms with E-state index < -0.39 is 11.9 Å². The number of fused-ring (bicyclic) bond motifs is 1. The molecule has 3 rings (SSSR count). The Bertz CT molecular complexity index is 822. The SMILES string of the molecule is C[C@@H](NC(=O)c1cc(=O)[nH]c2ccccc12)C(=O)NC1CCCC1. The number of amides is 2. The largest absolute Gasteiger partial charge is 0.352 e. The molecule has 0 spiro atoms. The molecule has 2 aromatic rings. The number of H-pyrrole nitrogens is 1. The molecule has 1 aromatic heterocycles. The topological polar surface area (TPSA) is 91.1 Å². The molecule has 0 radical (unpaired) electrons. The Labute approximate surface area is 139 Å². The second-order valence-electron chi connectivity index (χ2n) is 6.28. The first-order valence-electron chi connectivity index (χ1n) is 8.28. The van der Waals surface area contributed by atoms with E-state index in [0.717, 1.165) is 25.7 Å². The minimum atomic E-state index is -0.656. The molecule has 3 N–H and O–H groups in total. The molecule has 1 saturated carbocycles. The lowest BCUT2D eigenvalue weighted by atomic mass is 10.1. The van der Waals surface area contributed by atoms with Gasteiger partial charge in [-0.25, -0.2) is 0 Å². The Morgan fingerprint density at radius 1 is 1.21 bits per heavy atom. The van der Waals surface area contributed by atoms with E-state index in [1.165, 1.54) is 6.07 Å². The van der Waals surface area contributed by atoms with Crippen LogP contribution in [0.25, 0.3) is 10.9 Å². The molecule has 0 unspecified atom stereocenters. The lowest BCUT2D eigenvalue weighted by Gasteiger charge is -2.18. The summed E-state index contributed by atoms with van der Waals surface area (Å²) in [5.74, 6) is -0.615. The highest BCUT2D eigenvalue weighted by Gasteiger charge is 2.22. The van der Waals surface area contributed by atoms with Crippen LogP contribution in [-0.4, -0.2) is 28.9 Å². The van der Waals surface area contributed by atoms with E-state index in [1.54, 1.807) is 31.2 Å². The van der Waals surface area contributed by atoms with Crippen LogP contribution >= 0.6 is 0 Å². The van der Waals surface area contributed by atoms with Crippen LogP contribution in [0.2, 0.25) is 0 Å². The van der Waals surface area contributed by atoms with Gasteiger partial charge in [0, 0.05) is 23.0 Å². The van der Waals surface area contributed by atoms with E-state index in [4.69, 9.17) is 0 Å². The molecule has 1 aliphatic carbocycles. The molecule has 24 heavy (non-hydrogen) atoms. The Morgan fingerprint density at radius 2 is 1.92 bits per heavy atom. The summed E-state index contributed by atoms with van der Waals surface area (Å²) in [6.45, 7) is 1.65. The van der Waals surface area contributed by atoms with Crippen molar-refractivity contribution < 1.29 is 9.59 Å². The predicted octanol–water partition coefficient (Wildman–Crippen LogP) is 1.71. The van der Waals surface area contributed by atoms with Gasteiger partial charge in [0.25, 0.3) is 5.91 Å². The van der Waals surface area contributed by atoms with Crippen LogP contribution in [0.15, 0.2) is 35.1 Å². The van der Waals surface area contributed by atoms with Gasteiger partial charge in [0.2, 0.25) is 11.5 Å². The van der Waals surface area contributed by atoms with Gasteiger partial charge in [-0.3, -0.25) is 14.4 Å². The normalized spacial score (nSPS) is 16.0. The fraction of sp³-hybridized carbons (Fsp3) is 0.389. The molecule has 126 valence electrons. The third-order valence-electron chi connectivity index (χ3n) is 4.44. The van der Waals surface area contributed by atoms with Crippen LogP contribution in [0.3, 0.4) is 0 Å². The Balaban J connectivity index is 1.74. The van der Waals surface area contributed by atoms with Crippen LogP contribution in [0, 0.1) is 0 Å². The van der Waals surface area contributed by atoms with Gasteiger partial charge in [-0.1, -0.05) is 31.0 Å². The van der Waals surface area contributed by atoms with E-state index in [9.17, 15) is 14.4 Å². The Kier molecular flexibility index (Phi) is 4.64. The van der Waals surface area contributed by atoms with Gasteiger partial charge in [0.05, 0.1) is 5.56 Å². The summed E-state index contributed by atoms with van der Waals surface area (Å²) in [6.07, 6.45) is 4.24. The van der Waals surface area contributed by atoms with Gasteiger partial charge in [-0.2, -0.15) is 0 Å². The number of para-hydroxylation sites is 1. The zero-order valence-corrected chi connectivity index (χ0v) is 13.6. The third kappa shape index (κ3) is 3.48. The lowest BCUT2D eigenvalue weighted by Crippen LogP contribution is -2.47. The number of carbonyl (C=O) groups excluding carboxylic acids is 2. The minimum Gasteiger partial charge on any atom is -0.352 e. The molecule has 1 heterocycles. The van der Waals surface area contributed by atoms with Crippen molar-refractivity contribution in [2.75, 3.05) is 0 Å². The number of carbonyl (C=O) groups is 2. The van der Waals surface area contributed by atoms with Crippen LogP contribution in [0.5, 0.6) is 0 Å². The first-order valence-corrected chi connectivity index (χ1v) is 8.28. The highest BCUT2D eigenvalue weighted by molar-refractivity contribution is 6.07. The molecular formula is C18H21N3O3. The number of hydrogen-bond acceptors (Lipinski definition) is 3. The number of nitrogens with one attached hydrogen (secondary N) is 3. The van der Waals surface area contributed by atoms with Gasteiger partial charge in [-0.05, 0) is 25.8 Å². The predicted molar refractivity (Wildman–Crippen MR) is 91.9 cm³/mol. The highest BCUT2D eigenvalue weighted by atomic mass is 16.2. The number of hydrogen-bond donors (Lipinski definition) is 3. The maximum absolute atomic E-state index is 12.5. The van der Waals surface area contributed by atoms with Crippen molar-refractivity contribution in [3.05, 3.63) is 46.2 Å². The van der Waals surface area contributed by atoms with Crippen LogP contribution in [-0.2, 0) is 4.79 Å². The smallest absolute Gasteiger partial charge is 0.252 e. The molecule has 1 fully saturated rings. The first kappa shape index (κ1) is 16.2. The maximum Gasteiger partial charge on any atom is 0.252 e. The minimum absolute atomic E-state index is 0.190. The molecule has 6 nitrogen and oxygen atoms in total. The molecular weight excluding hydrogens is 306 g/mol. The van der Waals surface area contributed by atoms with Crippen molar-refractivity contribution in [3.63, 3.8) is 0 Å². The first-order chi connectivity index (χ1) is 11.5. The van der Waals surface area contributed by atoms with Crippen LogP contribution < -0.4 is 16.2 Å². The number of aromatic nitrogens is 1. The van der Waals surface area contributed by atoms with E-state index in [-0.39, 0.29) is 23.1 Å². The van der Waals surface area contributed by atoms with Crippen LogP contribution in [0.1, 0.15) is 43.0 Å². The Hall–Kier alpha value is -2.63. The van der Waals surface area contributed by atoms with Crippen LogP contribution in [0.4, 0.5) is 0 Å². The maximum atomic E-state index is 12.5. The summed E-state index contributed by atoms with van der Waals surface area (Å²) in [6, 6.07) is 7.91. The second kappa shape index (κ2) is 6.86. The molecule has 1 aromatic carbocycles. The average Bonchev–Trinajstić information content (AvgIpc) is 3.06. The fourth-order valence-corrected chi connectivity index (χ4v) is 3.13. The third-order valence-corrected chi connectivity index (χ3v) is 4.44. The number of rotatable bonds is 4. The van der Waals surface area contributed by atoms with Gasteiger partial charge in [-0.15, -0.1) is 0 Å². The zero-order chi connectivity index (χ0) is 17.1. The molecule has 0 aliphatic heterocycles. The number of benzene rings is 1. The summed E-state index contributed by atoms with van der Waals surface area (Å²) in [5.41, 5.74) is 0.523. The van der Waals surface area contributed by atoms with Crippen molar-refractivity contribution in [3.8, 4) is 0 Å². The molecule has 0 saturated heterocycles. The van der Waals surface area contributed by atoms with E-state index in [1.807, 2.05) is 0 Å². The van der Waals surface area contributed by atoms with Crippen molar-refractivity contribution in [1.29, 1.82) is 0 Å². The Morgan fingerprint density at radius 3 is 2.67 bits per heavy atom. The second-order valence-corrected chi connectivity index (χ2v) is 6.28. The van der Waals surface area contributed by atoms with E-state index >= 15 is 0 Å². The summed E-state index contributed by atoms with van der Waals surface area (Å²) >= 11 is 0. The standard InChI is InChI=1S/C18H21N3O3/c1-11(17(23)20-12-6-2-3-7-12)19-18(24)14-10-16(22)21-15-9-5-4-8-13(14)15/h4-5,8-12H,2-3,6-7H2,1H3,(H,19,24)(H,20,23)(H,21,22)/t11-/m1/s1. The van der Waals surface area contributed by atoms with Crippen molar-refractivity contribution >= 4 is 22.7 Å². The van der Waals surface area contributed by atoms with E-state index in [0.29, 0.717) is 10.9 Å². The average molecular weight is 327 g/mol. The van der Waals surface area contributed by atoms with Gasteiger partial charge < -0.3 is 15.6 Å². The fourth-order valence-electron chi connectivity index (χ4n) is 3.13. The zero-order valence-electron chi connectivity index (χ0n) is 13.6. The molecule has 1 aliphatic rings. The van der Waals surface area contributed by atoms with Crippen molar-refractivity contribution in [2.24, 2.45) is 0 Å².